The molecule has 0 spiro atoms. The van der Waals surface area contributed by atoms with Gasteiger partial charge in [0.2, 0.25) is 0 Å². The summed E-state index contributed by atoms with van der Waals surface area (Å²) in [6.45, 7) is 2.28. The minimum atomic E-state index is -0.304. The van der Waals surface area contributed by atoms with Gasteiger partial charge in [0.25, 0.3) is 0 Å². The Hall–Kier alpha value is -1.25. The van der Waals surface area contributed by atoms with Gasteiger partial charge in [0, 0.05) is 17.8 Å². The summed E-state index contributed by atoms with van der Waals surface area (Å²) >= 11 is 0. The lowest BCUT2D eigenvalue weighted by atomic mass is 9.87. The van der Waals surface area contributed by atoms with Crippen LogP contribution < -0.4 is 10.1 Å². The SMILES string of the molecule is COc1ccc(NC2CCCC(C)C2)cc1F. The maximum atomic E-state index is 13.5. The van der Waals surface area contributed by atoms with Crippen LogP contribution in [-0.2, 0) is 0 Å². The molecular weight excluding hydrogens is 217 g/mol. The molecule has 0 bridgehead atoms. The van der Waals surface area contributed by atoms with Crippen molar-refractivity contribution in [1.29, 1.82) is 0 Å². The van der Waals surface area contributed by atoms with Crippen LogP contribution in [0.3, 0.4) is 0 Å². The second-order valence-electron chi connectivity index (χ2n) is 4.96. The van der Waals surface area contributed by atoms with E-state index in [0.29, 0.717) is 11.8 Å². The third kappa shape index (κ3) is 3.11. The number of ether oxygens (including phenoxy) is 1. The highest BCUT2D eigenvalue weighted by atomic mass is 19.1. The van der Waals surface area contributed by atoms with Crippen molar-refractivity contribution in [2.75, 3.05) is 12.4 Å². The minimum absolute atomic E-state index is 0.299. The molecule has 94 valence electrons. The molecule has 2 rings (SSSR count). The number of hydrogen-bond donors (Lipinski definition) is 1. The minimum Gasteiger partial charge on any atom is -0.494 e. The van der Waals surface area contributed by atoms with Gasteiger partial charge in [-0.2, -0.15) is 0 Å². The van der Waals surface area contributed by atoms with Gasteiger partial charge in [-0.15, -0.1) is 0 Å². The van der Waals surface area contributed by atoms with Crippen LogP contribution in [-0.4, -0.2) is 13.2 Å². The van der Waals surface area contributed by atoms with E-state index in [-0.39, 0.29) is 5.82 Å². The van der Waals surface area contributed by atoms with Gasteiger partial charge in [-0.1, -0.05) is 19.8 Å². The Morgan fingerprint density at radius 1 is 1.35 bits per heavy atom. The molecule has 0 amide bonds. The van der Waals surface area contributed by atoms with Crippen LogP contribution in [0.2, 0.25) is 0 Å². The average molecular weight is 237 g/mol. The summed E-state index contributed by atoms with van der Waals surface area (Å²) in [6, 6.07) is 5.54. The highest BCUT2D eigenvalue weighted by molar-refractivity contribution is 5.48. The van der Waals surface area contributed by atoms with Gasteiger partial charge in [0.05, 0.1) is 7.11 Å². The van der Waals surface area contributed by atoms with Gasteiger partial charge in [-0.05, 0) is 30.9 Å². The van der Waals surface area contributed by atoms with Crippen molar-refractivity contribution < 1.29 is 9.13 Å². The molecule has 0 aromatic heterocycles. The Balaban J connectivity index is 2.00. The van der Waals surface area contributed by atoms with Gasteiger partial charge >= 0.3 is 0 Å². The Morgan fingerprint density at radius 3 is 2.82 bits per heavy atom. The zero-order valence-corrected chi connectivity index (χ0v) is 10.5. The number of nitrogens with one attached hydrogen (secondary N) is 1. The topological polar surface area (TPSA) is 21.3 Å². The highest BCUT2D eigenvalue weighted by Gasteiger charge is 2.18. The van der Waals surface area contributed by atoms with Crippen molar-refractivity contribution >= 4 is 5.69 Å². The fourth-order valence-corrected chi connectivity index (χ4v) is 2.56. The van der Waals surface area contributed by atoms with Crippen LogP contribution in [0.5, 0.6) is 5.75 Å². The molecule has 1 aromatic rings. The van der Waals surface area contributed by atoms with Crippen LogP contribution in [0.1, 0.15) is 32.6 Å². The van der Waals surface area contributed by atoms with E-state index in [9.17, 15) is 4.39 Å². The number of rotatable bonds is 3. The van der Waals surface area contributed by atoms with Crippen LogP contribution in [0.25, 0.3) is 0 Å². The van der Waals surface area contributed by atoms with E-state index in [1.54, 1.807) is 6.07 Å². The molecule has 1 aliphatic rings. The zero-order chi connectivity index (χ0) is 12.3. The smallest absolute Gasteiger partial charge is 0.167 e. The van der Waals surface area contributed by atoms with Crippen molar-refractivity contribution in [1.82, 2.24) is 0 Å². The molecule has 1 aliphatic carbocycles. The van der Waals surface area contributed by atoms with E-state index in [4.69, 9.17) is 4.74 Å². The van der Waals surface area contributed by atoms with E-state index in [2.05, 4.69) is 12.2 Å². The molecule has 17 heavy (non-hydrogen) atoms. The van der Waals surface area contributed by atoms with Gasteiger partial charge in [-0.3, -0.25) is 0 Å². The molecule has 1 saturated carbocycles. The van der Waals surface area contributed by atoms with Gasteiger partial charge in [-0.25, -0.2) is 4.39 Å². The van der Waals surface area contributed by atoms with Crippen LogP contribution in [0.4, 0.5) is 10.1 Å². The lowest BCUT2D eigenvalue weighted by Crippen LogP contribution is -2.26. The first-order chi connectivity index (χ1) is 8.19. The predicted octanol–water partition coefficient (Wildman–Crippen LogP) is 3.82. The molecule has 1 fully saturated rings. The van der Waals surface area contributed by atoms with E-state index >= 15 is 0 Å². The standard InChI is InChI=1S/C14H20FNO/c1-10-4-3-5-11(8-10)16-12-6-7-14(17-2)13(15)9-12/h6-7,9-11,16H,3-5,8H2,1-2H3. The summed E-state index contributed by atoms with van der Waals surface area (Å²) in [6.07, 6.45) is 4.93. The van der Waals surface area contributed by atoms with Crippen LogP contribution in [0.15, 0.2) is 18.2 Å². The van der Waals surface area contributed by atoms with Crippen molar-refractivity contribution in [2.45, 2.75) is 38.6 Å². The maximum absolute atomic E-state index is 13.5. The van der Waals surface area contributed by atoms with Crippen LogP contribution >= 0.6 is 0 Å². The Labute approximate surface area is 102 Å². The number of benzene rings is 1. The fraction of sp³-hybridized carbons (Fsp3) is 0.571. The summed E-state index contributed by atoms with van der Waals surface area (Å²) in [7, 11) is 1.48. The lowest BCUT2D eigenvalue weighted by Gasteiger charge is -2.28. The normalized spacial score (nSPS) is 24.4. The molecule has 3 heteroatoms. The van der Waals surface area contributed by atoms with E-state index in [0.717, 1.165) is 11.6 Å². The summed E-state index contributed by atoms with van der Waals surface area (Å²) < 4.78 is 18.4. The number of hydrogen-bond acceptors (Lipinski definition) is 2. The summed E-state index contributed by atoms with van der Waals surface area (Å²) in [4.78, 5) is 0. The average Bonchev–Trinajstić information content (AvgIpc) is 2.29. The maximum Gasteiger partial charge on any atom is 0.167 e. The molecule has 1 N–H and O–H groups in total. The summed E-state index contributed by atoms with van der Waals surface area (Å²) in [5, 5.41) is 3.41. The molecule has 2 nitrogen and oxygen atoms in total. The summed E-state index contributed by atoms with van der Waals surface area (Å²) in [5.74, 6) is 0.762. The molecule has 0 aliphatic heterocycles. The van der Waals surface area contributed by atoms with Crippen molar-refractivity contribution in [3.8, 4) is 5.75 Å². The number of methoxy groups -OCH3 is 1. The van der Waals surface area contributed by atoms with E-state index < -0.39 is 0 Å². The van der Waals surface area contributed by atoms with Gasteiger partial charge in [0.15, 0.2) is 11.6 Å². The Bertz CT molecular complexity index is 380. The largest absolute Gasteiger partial charge is 0.494 e. The Morgan fingerprint density at radius 2 is 2.18 bits per heavy atom. The predicted molar refractivity (Wildman–Crippen MR) is 68.0 cm³/mol. The molecule has 1 aromatic carbocycles. The second kappa shape index (κ2) is 5.39. The first kappa shape index (κ1) is 12.2. The third-order valence-electron chi connectivity index (χ3n) is 3.46. The molecule has 0 radical (unpaired) electrons. The molecule has 0 heterocycles. The van der Waals surface area contributed by atoms with E-state index in [1.807, 2.05) is 6.07 Å². The lowest BCUT2D eigenvalue weighted by molar-refractivity contribution is 0.358. The third-order valence-corrected chi connectivity index (χ3v) is 3.46. The zero-order valence-electron chi connectivity index (χ0n) is 10.5. The van der Waals surface area contributed by atoms with Crippen molar-refractivity contribution in [3.63, 3.8) is 0 Å². The Kier molecular flexibility index (Phi) is 3.87. The van der Waals surface area contributed by atoms with Crippen LogP contribution in [0, 0.1) is 11.7 Å². The highest BCUT2D eigenvalue weighted by Crippen LogP contribution is 2.27. The summed E-state index contributed by atoms with van der Waals surface area (Å²) in [5.41, 5.74) is 0.849. The quantitative estimate of drug-likeness (QED) is 0.862. The fourth-order valence-electron chi connectivity index (χ4n) is 2.56. The van der Waals surface area contributed by atoms with Crippen molar-refractivity contribution in [2.24, 2.45) is 5.92 Å². The number of anilines is 1. The second-order valence-corrected chi connectivity index (χ2v) is 4.96. The first-order valence-corrected chi connectivity index (χ1v) is 6.29. The van der Waals surface area contributed by atoms with Gasteiger partial charge in [0.1, 0.15) is 0 Å². The molecule has 2 unspecified atom stereocenters. The van der Waals surface area contributed by atoms with Crippen molar-refractivity contribution in [3.05, 3.63) is 24.0 Å². The number of halogens is 1. The van der Waals surface area contributed by atoms with Gasteiger partial charge < -0.3 is 10.1 Å². The molecule has 0 saturated heterocycles. The monoisotopic (exact) mass is 237 g/mol. The molecular formula is C14H20FNO. The first-order valence-electron chi connectivity index (χ1n) is 6.29. The molecule has 2 atom stereocenters. The van der Waals surface area contributed by atoms with E-state index in [1.165, 1.54) is 38.9 Å².